The van der Waals surface area contributed by atoms with Crippen molar-refractivity contribution in [2.45, 2.75) is 12.6 Å². The average molecular weight is 282 g/mol. The summed E-state index contributed by atoms with van der Waals surface area (Å²) in [6.45, 7) is 0. The SMILES string of the molecule is O=[N+]([O-])c1ccc(Cc2ccnc(C(F)(F)F)c2)cc1. The van der Waals surface area contributed by atoms with Gasteiger partial charge in [0.25, 0.3) is 5.69 Å². The predicted molar refractivity (Wildman–Crippen MR) is 65.1 cm³/mol. The van der Waals surface area contributed by atoms with E-state index in [9.17, 15) is 23.3 Å². The molecule has 0 bridgehead atoms. The normalized spacial score (nSPS) is 11.3. The van der Waals surface area contributed by atoms with Crippen LogP contribution in [0.25, 0.3) is 0 Å². The number of non-ortho nitro benzene ring substituents is 1. The van der Waals surface area contributed by atoms with Crippen LogP contribution in [0.4, 0.5) is 18.9 Å². The number of aromatic nitrogens is 1. The highest BCUT2D eigenvalue weighted by molar-refractivity contribution is 5.35. The molecule has 0 spiro atoms. The number of pyridine rings is 1. The second-order valence-electron chi connectivity index (χ2n) is 4.15. The van der Waals surface area contributed by atoms with Gasteiger partial charge in [-0.2, -0.15) is 13.2 Å². The quantitative estimate of drug-likeness (QED) is 0.638. The lowest BCUT2D eigenvalue weighted by Gasteiger charge is -2.07. The maximum atomic E-state index is 12.5. The summed E-state index contributed by atoms with van der Waals surface area (Å²) in [5.74, 6) is 0. The third-order valence-electron chi connectivity index (χ3n) is 2.67. The fraction of sp³-hybridized carbons (Fsp3) is 0.154. The zero-order valence-corrected chi connectivity index (χ0v) is 10.1. The highest BCUT2D eigenvalue weighted by atomic mass is 19.4. The van der Waals surface area contributed by atoms with Crippen molar-refractivity contribution in [1.29, 1.82) is 0 Å². The minimum Gasteiger partial charge on any atom is -0.258 e. The molecule has 0 saturated carbocycles. The summed E-state index contributed by atoms with van der Waals surface area (Å²) in [5, 5.41) is 10.5. The third kappa shape index (κ3) is 3.31. The van der Waals surface area contributed by atoms with E-state index in [2.05, 4.69) is 4.98 Å². The van der Waals surface area contributed by atoms with Gasteiger partial charge in [-0.25, -0.2) is 0 Å². The van der Waals surface area contributed by atoms with Gasteiger partial charge in [-0.3, -0.25) is 15.1 Å². The zero-order valence-electron chi connectivity index (χ0n) is 10.1. The van der Waals surface area contributed by atoms with E-state index in [1.54, 1.807) is 0 Å². The van der Waals surface area contributed by atoms with Crippen LogP contribution in [0.3, 0.4) is 0 Å². The van der Waals surface area contributed by atoms with Crippen LogP contribution in [0, 0.1) is 10.1 Å². The molecule has 2 rings (SSSR count). The van der Waals surface area contributed by atoms with Crippen molar-refractivity contribution in [2.75, 3.05) is 0 Å². The topological polar surface area (TPSA) is 56.0 Å². The van der Waals surface area contributed by atoms with Crippen molar-refractivity contribution in [2.24, 2.45) is 0 Å². The Kier molecular flexibility index (Phi) is 3.69. The molecule has 0 unspecified atom stereocenters. The summed E-state index contributed by atoms with van der Waals surface area (Å²) >= 11 is 0. The van der Waals surface area contributed by atoms with Crippen molar-refractivity contribution in [3.05, 3.63) is 69.5 Å². The van der Waals surface area contributed by atoms with Crippen molar-refractivity contribution < 1.29 is 18.1 Å². The number of halogens is 3. The van der Waals surface area contributed by atoms with Crippen LogP contribution in [0.15, 0.2) is 42.6 Å². The number of alkyl halides is 3. The number of nitro benzene ring substituents is 1. The molecule has 0 aliphatic rings. The maximum Gasteiger partial charge on any atom is 0.433 e. The Bertz CT molecular complexity index is 624. The highest BCUT2D eigenvalue weighted by Gasteiger charge is 2.32. The third-order valence-corrected chi connectivity index (χ3v) is 2.67. The zero-order chi connectivity index (χ0) is 14.8. The maximum absolute atomic E-state index is 12.5. The number of hydrogen-bond acceptors (Lipinski definition) is 3. The molecule has 7 heteroatoms. The largest absolute Gasteiger partial charge is 0.433 e. The standard InChI is InChI=1S/C13H9F3N2O2/c14-13(15,16)12-8-10(5-6-17-12)7-9-1-3-11(4-2-9)18(19)20/h1-6,8H,7H2. The van der Waals surface area contributed by atoms with Crippen LogP contribution >= 0.6 is 0 Å². The van der Waals surface area contributed by atoms with Crippen molar-refractivity contribution >= 4 is 5.69 Å². The van der Waals surface area contributed by atoms with Gasteiger partial charge in [-0.05, 0) is 29.7 Å². The van der Waals surface area contributed by atoms with E-state index < -0.39 is 16.8 Å². The van der Waals surface area contributed by atoms with E-state index in [1.807, 2.05) is 0 Å². The molecule has 0 amide bonds. The molecule has 4 nitrogen and oxygen atoms in total. The molecule has 104 valence electrons. The molecule has 1 aromatic carbocycles. The molecular weight excluding hydrogens is 273 g/mol. The first-order valence-corrected chi connectivity index (χ1v) is 5.62. The number of rotatable bonds is 3. The van der Waals surface area contributed by atoms with E-state index in [0.29, 0.717) is 11.1 Å². The van der Waals surface area contributed by atoms with Gasteiger partial charge in [0.1, 0.15) is 5.69 Å². The van der Waals surface area contributed by atoms with Crippen LogP contribution in [-0.4, -0.2) is 9.91 Å². The Hall–Kier alpha value is -2.44. The van der Waals surface area contributed by atoms with Gasteiger partial charge in [-0.1, -0.05) is 12.1 Å². The molecule has 0 aliphatic heterocycles. The van der Waals surface area contributed by atoms with Gasteiger partial charge in [0.15, 0.2) is 0 Å². The van der Waals surface area contributed by atoms with Crippen molar-refractivity contribution in [3.63, 3.8) is 0 Å². The van der Waals surface area contributed by atoms with Gasteiger partial charge in [0, 0.05) is 18.3 Å². The first-order valence-electron chi connectivity index (χ1n) is 5.62. The van der Waals surface area contributed by atoms with Gasteiger partial charge in [0.05, 0.1) is 4.92 Å². The summed E-state index contributed by atoms with van der Waals surface area (Å²) in [6.07, 6.45) is -3.13. The Labute approximate surface area is 112 Å². The van der Waals surface area contributed by atoms with Gasteiger partial charge < -0.3 is 0 Å². The molecule has 0 saturated heterocycles. The summed E-state index contributed by atoms with van der Waals surface area (Å²) in [4.78, 5) is 13.2. The van der Waals surface area contributed by atoms with Crippen LogP contribution in [0.2, 0.25) is 0 Å². The lowest BCUT2D eigenvalue weighted by Crippen LogP contribution is -2.08. The molecule has 2 aromatic rings. The Balaban J connectivity index is 2.20. The fourth-order valence-corrected chi connectivity index (χ4v) is 1.71. The monoisotopic (exact) mass is 282 g/mol. The van der Waals surface area contributed by atoms with E-state index in [4.69, 9.17) is 0 Å². The van der Waals surface area contributed by atoms with Crippen LogP contribution < -0.4 is 0 Å². The first kappa shape index (κ1) is 14.0. The van der Waals surface area contributed by atoms with E-state index in [-0.39, 0.29) is 12.1 Å². The lowest BCUT2D eigenvalue weighted by molar-refractivity contribution is -0.384. The molecular formula is C13H9F3N2O2. The van der Waals surface area contributed by atoms with Crippen molar-refractivity contribution in [1.82, 2.24) is 4.98 Å². The molecule has 0 aliphatic carbocycles. The summed E-state index contributed by atoms with van der Waals surface area (Å²) in [6, 6.07) is 8.14. The number of nitro groups is 1. The van der Waals surface area contributed by atoms with Gasteiger partial charge in [0.2, 0.25) is 0 Å². The molecule has 0 fully saturated rings. The molecule has 0 radical (unpaired) electrons. The minimum absolute atomic E-state index is 0.0561. The second kappa shape index (κ2) is 5.28. The van der Waals surface area contributed by atoms with E-state index in [0.717, 1.165) is 12.3 Å². The number of hydrogen-bond donors (Lipinski definition) is 0. The van der Waals surface area contributed by atoms with Gasteiger partial charge >= 0.3 is 6.18 Å². The minimum atomic E-state index is -4.48. The molecule has 20 heavy (non-hydrogen) atoms. The summed E-state index contributed by atoms with van der Waals surface area (Å²) in [5.41, 5.74) is 0.132. The van der Waals surface area contributed by atoms with E-state index >= 15 is 0 Å². The number of benzene rings is 1. The first-order chi connectivity index (χ1) is 9.36. The predicted octanol–water partition coefficient (Wildman–Crippen LogP) is 3.60. The smallest absolute Gasteiger partial charge is 0.258 e. The van der Waals surface area contributed by atoms with E-state index in [1.165, 1.54) is 30.3 Å². The van der Waals surface area contributed by atoms with Crippen LogP contribution in [0.1, 0.15) is 16.8 Å². The van der Waals surface area contributed by atoms with Crippen molar-refractivity contribution in [3.8, 4) is 0 Å². The molecule has 0 N–H and O–H groups in total. The molecule has 1 aromatic heterocycles. The summed E-state index contributed by atoms with van der Waals surface area (Å²) < 4.78 is 37.5. The molecule has 1 heterocycles. The van der Waals surface area contributed by atoms with Gasteiger partial charge in [-0.15, -0.1) is 0 Å². The Morgan fingerprint density at radius 3 is 2.30 bits per heavy atom. The highest BCUT2D eigenvalue weighted by Crippen LogP contribution is 2.28. The summed E-state index contributed by atoms with van der Waals surface area (Å²) in [7, 11) is 0. The second-order valence-corrected chi connectivity index (χ2v) is 4.15. The Morgan fingerprint density at radius 2 is 1.75 bits per heavy atom. The molecule has 0 atom stereocenters. The van der Waals surface area contributed by atoms with Crippen LogP contribution in [-0.2, 0) is 12.6 Å². The number of nitrogens with zero attached hydrogens (tertiary/aromatic N) is 2. The lowest BCUT2D eigenvalue weighted by atomic mass is 10.0. The average Bonchev–Trinajstić information content (AvgIpc) is 2.38. The Morgan fingerprint density at radius 1 is 1.10 bits per heavy atom. The fourth-order valence-electron chi connectivity index (χ4n) is 1.71. The van der Waals surface area contributed by atoms with Crippen LogP contribution in [0.5, 0.6) is 0 Å².